The van der Waals surface area contributed by atoms with E-state index in [4.69, 9.17) is 5.73 Å². The molecule has 1 atom stereocenters. The Balaban J connectivity index is 2.54. The van der Waals surface area contributed by atoms with Crippen molar-refractivity contribution in [2.45, 2.75) is 70.9 Å². The fourth-order valence-corrected chi connectivity index (χ4v) is 2.63. The van der Waals surface area contributed by atoms with Gasteiger partial charge in [-0.2, -0.15) is 0 Å². The van der Waals surface area contributed by atoms with E-state index in [1.807, 2.05) is 4.90 Å². The highest BCUT2D eigenvalue weighted by Crippen LogP contribution is 2.23. The lowest BCUT2D eigenvalue weighted by Gasteiger charge is -2.35. The summed E-state index contributed by atoms with van der Waals surface area (Å²) in [5.74, 6) is 0.163. The molecule has 0 heterocycles. The molecule has 1 rings (SSSR count). The van der Waals surface area contributed by atoms with Gasteiger partial charge in [0.25, 0.3) is 0 Å². The van der Waals surface area contributed by atoms with Crippen LogP contribution in [-0.4, -0.2) is 29.4 Å². The quantitative estimate of drug-likeness (QED) is 0.782. The molecule has 94 valence electrons. The summed E-state index contributed by atoms with van der Waals surface area (Å²) in [7, 11) is 0. The van der Waals surface area contributed by atoms with Crippen LogP contribution in [0.3, 0.4) is 0 Å². The molecule has 1 aliphatic rings. The fraction of sp³-hybridized carbons (Fsp3) is 0.923. The van der Waals surface area contributed by atoms with Crippen LogP contribution in [0.5, 0.6) is 0 Å². The maximum absolute atomic E-state index is 12.2. The number of rotatable bonds is 5. The summed E-state index contributed by atoms with van der Waals surface area (Å²) in [5.41, 5.74) is 5.92. The van der Waals surface area contributed by atoms with Gasteiger partial charge in [-0.25, -0.2) is 0 Å². The van der Waals surface area contributed by atoms with Gasteiger partial charge in [-0.05, 0) is 26.2 Å². The number of nitrogens with zero attached hydrogens (tertiary/aromatic N) is 1. The van der Waals surface area contributed by atoms with Gasteiger partial charge in [-0.1, -0.05) is 32.6 Å². The molecule has 3 nitrogen and oxygen atoms in total. The van der Waals surface area contributed by atoms with Crippen LogP contribution >= 0.6 is 0 Å². The highest BCUT2D eigenvalue weighted by Gasteiger charge is 2.26. The summed E-state index contributed by atoms with van der Waals surface area (Å²) >= 11 is 0. The van der Waals surface area contributed by atoms with Crippen molar-refractivity contribution in [1.82, 2.24) is 4.90 Å². The summed E-state index contributed by atoms with van der Waals surface area (Å²) < 4.78 is 0. The average molecular weight is 226 g/mol. The summed E-state index contributed by atoms with van der Waals surface area (Å²) in [5, 5.41) is 0. The predicted molar refractivity (Wildman–Crippen MR) is 67.1 cm³/mol. The highest BCUT2D eigenvalue weighted by molar-refractivity contribution is 5.81. The zero-order chi connectivity index (χ0) is 12.0. The molecular formula is C13H26N2O. The Labute approximate surface area is 99.4 Å². The van der Waals surface area contributed by atoms with Gasteiger partial charge in [-0.3, -0.25) is 4.79 Å². The number of hydrogen-bond donors (Lipinski definition) is 1. The molecule has 0 radical (unpaired) electrons. The molecule has 0 aliphatic heterocycles. The van der Waals surface area contributed by atoms with E-state index in [2.05, 4.69) is 13.8 Å². The van der Waals surface area contributed by atoms with Crippen LogP contribution in [0.15, 0.2) is 0 Å². The molecule has 0 aromatic rings. The van der Waals surface area contributed by atoms with E-state index in [-0.39, 0.29) is 11.9 Å². The second kappa shape index (κ2) is 6.89. The van der Waals surface area contributed by atoms with Crippen LogP contribution in [-0.2, 0) is 4.79 Å². The molecule has 0 bridgehead atoms. The largest absolute Gasteiger partial charge is 0.339 e. The molecule has 1 aliphatic carbocycles. The first-order chi connectivity index (χ1) is 7.70. The second-order valence-corrected chi connectivity index (χ2v) is 4.81. The average Bonchev–Trinajstić information content (AvgIpc) is 2.31. The van der Waals surface area contributed by atoms with Crippen molar-refractivity contribution in [3.05, 3.63) is 0 Å². The maximum Gasteiger partial charge on any atom is 0.239 e. The number of amides is 1. The molecule has 0 aromatic heterocycles. The van der Waals surface area contributed by atoms with Crippen molar-refractivity contribution in [3.63, 3.8) is 0 Å². The number of likely N-dealkylation sites (N-methyl/N-ethyl adjacent to an activating group) is 1. The minimum atomic E-state index is -0.285. The normalized spacial score (nSPS) is 19.4. The van der Waals surface area contributed by atoms with Crippen LogP contribution in [0.25, 0.3) is 0 Å². The molecule has 1 unspecified atom stereocenters. The molecule has 3 heteroatoms. The lowest BCUT2D eigenvalue weighted by atomic mass is 9.93. The van der Waals surface area contributed by atoms with Crippen LogP contribution in [0, 0.1) is 0 Å². The third-order valence-corrected chi connectivity index (χ3v) is 3.56. The summed E-state index contributed by atoms with van der Waals surface area (Å²) in [6.07, 6.45) is 7.96. The monoisotopic (exact) mass is 226 g/mol. The smallest absolute Gasteiger partial charge is 0.239 e. The summed E-state index contributed by atoms with van der Waals surface area (Å²) in [4.78, 5) is 14.2. The Hall–Kier alpha value is -0.570. The van der Waals surface area contributed by atoms with E-state index in [0.717, 1.165) is 19.4 Å². The minimum absolute atomic E-state index is 0.163. The van der Waals surface area contributed by atoms with Crippen LogP contribution < -0.4 is 5.73 Å². The summed E-state index contributed by atoms with van der Waals surface area (Å²) in [6, 6.07) is 0.168. The lowest BCUT2D eigenvalue weighted by Crippen LogP contribution is -2.49. The lowest BCUT2D eigenvalue weighted by molar-refractivity contribution is -0.135. The Morgan fingerprint density at radius 3 is 2.44 bits per heavy atom. The second-order valence-electron chi connectivity index (χ2n) is 4.81. The van der Waals surface area contributed by atoms with Gasteiger partial charge >= 0.3 is 0 Å². The first-order valence-electron chi connectivity index (χ1n) is 6.76. The zero-order valence-electron chi connectivity index (χ0n) is 10.7. The van der Waals surface area contributed by atoms with E-state index < -0.39 is 0 Å². The number of nitrogens with two attached hydrogens (primary N) is 1. The Bertz CT molecular complexity index is 212. The number of carbonyl (C=O) groups is 1. The standard InChI is InChI=1S/C13H26N2O/c1-3-8-12(14)13(16)15(4-2)11-9-6-5-7-10-11/h11-12H,3-10,14H2,1-2H3. The van der Waals surface area contributed by atoms with Gasteiger partial charge in [0, 0.05) is 12.6 Å². The number of carbonyl (C=O) groups excluding carboxylic acids is 1. The zero-order valence-corrected chi connectivity index (χ0v) is 10.7. The third kappa shape index (κ3) is 3.48. The highest BCUT2D eigenvalue weighted by atomic mass is 16.2. The maximum atomic E-state index is 12.2. The topological polar surface area (TPSA) is 46.3 Å². The molecule has 0 saturated heterocycles. The van der Waals surface area contributed by atoms with Crippen molar-refractivity contribution in [3.8, 4) is 0 Å². The van der Waals surface area contributed by atoms with Gasteiger partial charge in [0.2, 0.25) is 5.91 Å². The van der Waals surface area contributed by atoms with E-state index in [9.17, 15) is 4.79 Å². The van der Waals surface area contributed by atoms with E-state index in [1.165, 1.54) is 32.1 Å². The third-order valence-electron chi connectivity index (χ3n) is 3.56. The number of hydrogen-bond acceptors (Lipinski definition) is 2. The molecule has 1 fully saturated rings. The molecular weight excluding hydrogens is 200 g/mol. The first-order valence-corrected chi connectivity index (χ1v) is 6.76. The van der Waals surface area contributed by atoms with Crippen LogP contribution in [0.4, 0.5) is 0 Å². The molecule has 1 saturated carbocycles. The Morgan fingerprint density at radius 1 is 1.31 bits per heavy atom. The SMILES string of the molecule is CCCC(N)C(=O)N(CC)C1CCCCC1. The van der Waals surface area contributed by atoms with Gasteiger partial charge in [-0.15, -0.1) is 0 Å². The van der Waals surface area contributed by atoms with Crippen molar-refractivity contribution < 1.29 is 4.79 Å². The fourth-order valence-electron chi connectivity index (χ4n) is 2.63. The van der Waals surface area contributed by atoms with Gasteiger partial charge < -0.3 is 10.6 Å². The molecule has 0 spiro atoms. The predicted octanol–water partition coefficient (Wildman–Crippen LogP) is 2.29. The molecule has 1 amide bonds. The van der Waals surface area contributed by atoms with E-state index in [1.54, 1.807) is 0 Å². The van der Waals surface area contributed by atoms with Crippen LogP contribution in [0.2, 0.25) is 0 Å². The molecule has 2 N–H and O–H groups in total. The van der Waals surface area contributed by atoms with Gasteiger partial charge in [0.05, 0.1) is 6.04 Å². The van der Waals surface area contributed by atoms with Gasteiger partial charge in [0.1, 0.15) is 0 Å². The minimum Gasteiger partial charge on any atom is -0.339 e. The Morgan fingerprint density at radius 2 is 1.94 bits per heavy atom. The van der Waals surface area contributed by atoms with Crippen molar-refractivity contribution in [2.24, 2.45) is 5.73 Å². The van der Waals surface area contributed by atoms with Crippen LogP contribution in [0.1, 0.15) is 58.8 Å². The van der Waals surface area contributed by atoms with Crippen molar-refractivity contribution in [1.29, 1.82) is 0 Å². The van der Waals surface area contributed by atoms with E-state index >= 15 is 0 Å². The van der Waals surface area contributed by atoms with Crippen molar-refractivity contribution >= 4 is 5.91 Å². The van der Waals surface area contributed by atoms with Crippen molar-refractivity contribution in [2.75, 3.05) is 6.54 Å². The first kappa shape index (κ1) is 13.5. The van der Waals surface area contributed by atoms with Gasteiger partial charge in [0.15, 0.2) is 0 Å². The summed E-state index contributed by atoms with van der Waals surface area (Å²) in [6.45, 7) is 4.94. The molecule has 16 heavy (non-hydrogen) atoms. The molecule has 0 aromatic carbocycles. The Kier molecular flexibility index (Phi) is 5.81. The van der Waals surface area contributed by atoms with E-state index in [0.29, 0.717) is 6.04 Å².